The van der Waals surface area contributed by atoms with Crippen LogP contribution in [0.5, 0.6) is 11.5 Å². The molecule has 8 nitrogen and oxygen atoms in total. The van der Waals surface area contributed by atoms with Crippen molar-refractivity contribution in [1.82, 2.24) is 24.8 Å². The van der Waals surface area contributed by atoms with Crippen molar-refractivity contribution < 1.29 is 9.47 Å². The van der Waals surface area contributed by atoms with Crippen molar-refractivity contribution in [2.45, 2.75) is 19.5 Å². The lowest BCUT2D eigenvalue weighted by Crippen LogP contribution is -2.35. The molecule has 3 aromatic rings. The number of aromatic amines is 1. The molecule has 1 N–H and O–H groups in total. The summed E-state index contributed by atoms with van der Waals surface area (Å²) in [6, 6.07) is 5.90. The number of benzene rings is 1. The van der Waals surface area contributed by atoms with Crippen molar-refractivity contribution in [3.8, 4) is 22.9 Å². The summed E-state index contributed by atoms with van der Waals surface area (Å²) in [4.78, 5) is 30.3. The molecule has 0 aliphatic carbocycles. The maximum absolute atomic E-state index is 12.6. The van der Waals surface area contributed by atoms with E-state index in [0.717, 1.165) is 29.3 Å². The average molecular weight is 363 g/mol. The highest BCUT2D eigenvalue weighted by Gasteiger charge is 2.24. The van der Waals surface area contributed by atoms with E-state index in [1.165, 1.54) is 6.33 Å². The SMILES string of the molecule is O=c1[nH]c(-c2cncnc2)nc2c1CN(Cc1cccc3c1OCO3)CC2. The lowest BCUT2D eigenvalue weighted by molar-refractivity contribution is 0.171. The molecule has 27 heavy (non-hydrogen) atoms. The molecule has 0 saturated carbocycles. The molecule has 0 radical (unpaired) electrons. The van der Waals surface area contributed by atoms with E-state index >= 15 is 0 Å². The molecule has 0 saturated heterocycles. The maximum atomic E-state index is 12.6. The van der Waals surface area contributed by atoms with E-state index in [2.05, 4.69) is 24.8 Å². The van der Waals surface area contributed by atoms with Gasteiger partial charge in [0.2, 0.25) is 6.79 Å². The fraction of sp³-hybridized carbons (Fsp3) is 0.263. The third-order valence-corrected chi connectivity index (χ3v) is 4.85. The molecule has 2 aromatic heterocycles. The Morgan fingerprint density at radius 2 is 2.07 bits per heavy atom. The molecule has 8 heteroatoms. The van der Waals surface area contributed by atoms with Crippen LogP contribution < -0.4 is 15.0 Å². The van der Waals surface area contributed by atoms with Gasteiger partial charge < -0.3 is 14.5 Å². The Hall–Kier alpha value is -3.26. The van der Waals surface area contributed by atoms with Crippen molar-refractivity contribution in [3.05, 3.63) is 64.1 Å². The van der Waals surface area contributed by atoms with Gasteiger partial charge in [0, 0.05) is 44.0 Å². The van der Waals surface area contributed by atoms with Gasteiger partial charge in [-0.2, -0.15) is 0 Å². The van der Waals surface area contributed by atoms with Crippen LogP contribution in [0.1, 0.15) is 16.8 Å². The standard InChI is InChI=1S/C19H17N5O3/c25-19-14-9-24(8-12-2-1-3-16-17(12)27-11-26-16)5-4-15(14)22-18(23-19)13-6-20-10-21-7-13/h1-3,6-7,10H,4-5,8-9,11H2,(H,22,23,25). The van der Waals surface area contributed by atoms with Crippen LogP contribution in [-0.4, -0.2) is 38.2 Å². The third-order valence-electron chi connectivity index (χ3n) is 4.85. The van der Waals surface area contributed by atoms with Gasteiger partial charge in [-0.25, -0.2) is 15.0 Å². The molecule has 0 fully saturated rings. The second kappa shape index (κ2) is 6.48. The van der Waals surface area contributed by atoms with Gasteiger partial charge in [0.25, 0.3) is 5.56 Å². The van der Waals surface area contributed by atoms with Gasteiger partial charge in [0.15, 0.2) is 11.5 Å². The number of aromatic nitrogens is 4. The van der Waals surface area contributed by atoms with Crippen LogP contribution in [0.4, 0.5) is 0 Å². The zero-order chi connectivity index (χ0) is 18.2. The van der Waals surface area contributed by atoms with E-state index in [4.69, 9.17) is 9.47 Å². The van der Waals surface area contributed by atoms with Crippen LogP contribution >= 0.6 is 0 Å². The molecule has 2 aliphatic heterocycles. The van der Waals surface area contributed by atoms with Crippen LogP contribution in [0, 0.1) is 0 Å². The number of nitrogens with one attached hydrogen (secondary N) is 1. The zero-order valence-corrected chi connectivity index (χ0v) is 14.5. The number of ether oxygens (including phenoxy) is 2. The molecule has 0 spiro atoms. The largest absolute Gasteiger partial charge is 0.454 e. The Bertz CT molecular complexity index is 1050. The second-order valence-corrected chi connectivity index (χ2v) is 6.58. The lowest BCUT2D eigenvalue weighted by atomic mass is 10.1. The molecule has 0 atom stereocenters. The Morgan fingerprint density at radius 3 is 2.96 bits per heavy atom. The lowest BCUT2D eigenvalue weighted by Gasteiger charge is -2.28. The first kappa shape index (κ1) is 16.0. The van der Waals surface area contributed by atoms with E-state index in [9.17, 15) is 4.79 Å². The fourth-order valence-corrected chi connectivity index (χ4v) is 3.53. The van der Waals surface area contributed by atoms with Crippen LogP contribution in [-0.2, 0) is 19.5 Å². The topological polar surface area (TPSA) is 93.2 Å². The Labute approximate surface area is 154 Å². The van der Waals surface area contributed by atoms with Crippen molar-refractivity contribution in [2.75, 3.05) is 13.3 Å². The van der Waals surface area contributed by atoms with Crippen LogP contribution in [0.25, 0.3) is 11.4 Å². The summed E-state index contributed by atoms with van der Waals surface area (Å²) in [5.41, 5.74) is 3.22. The van der Waals surface area contributed by atoms with E-state index in [0.29, 0.717) is 36.5 Å². The van der Waals surface area contributed by atoms with E-state index in [1.54, 1.807) is 12.4 Å². The van der Waals surface area contributed by atoms with Gasteiger partial charge in [-0.05, 0) is 6.07 Å². The summed E-state index contributed by atoms with van der Waals surface area (Å²) in [5, 5.41) is 0. The van der Waals surface area contributed by atoms with E-state index in [-0.39, 0.29) is 12.4 Å². The molecule has 5 rings (SSSR count). The van der Waals surface area contributed by atoms with Crippen molar-refractivity contribution >= 4 is 0 Å². The first-order valence-corrected chi connectivity index (χ1v) is 8.75. The molecule has 2 aliphatic rings. The number of nitrogens with zero attached hydrogens (tertiary/aromatic N) is 4. The molecule has 136 valence electrons. The minimum absolute atomic E-state index is 0.110. The molecular weight excluding hydrogens is 346 g/mol. The number of H-pyrrole nitrogens is 1. The molecule has 0 unspecified atom stereocenters. The van der Waals surface area contributed by atoms with Crippen molar-refractivity contribution in [3.63, 3.8) is 0 Å². The van der Waals surface area contributed by atoms with Gasteiger partial charge in [-0.1, -0.05) is 12.1 Å². The number of para-hydroxylation sites is 1. The first-order chi connectivity index (χ1) is 13.3. The number of hydrogen-bond acceptors (Lipinski definition) is 7. The normalized spacial score (nSPS) is 15.6. The summed E-state index contributed by atoms with van der Waals surface area (Å²) in [6.07, 6.45) is 5.45. The highest BCUT2D eigenvalue weighted by Crippen LogP contribution is 2.36. The Kier molecular flexibility index (Phi) is 3.83. The van der Waals surface area contributed by atoms with Gasteiger partial charge in [-0.3, -0.25) is 9.69 Å². The Balaban J connectivity index is 1.41. The van der Waals surface area contributed by atoms with Crippen molar-refractivity contribution in [1.29, 1.82) is 0 Å². The van der Waals surface area contributed by atoms with Gasteiger partial charge in [0.1, 0.15) is 12.2 Å². The minimum atomic E-state index is -0.110. The molecule has 4 heterocycles. The van der Waals surface area contributed by atoms with Gasteiger partial charge in [0.05, 0.1) is 16.8 Å². The highest BCUT2D eigenvalue weighted by molar-refractivity contribution is 5.52. The average Bonchev–Trinajstić information content (AvgIpc) is 3.19. The maximum Gasteiger partial charge on any atom is 0.255 e. The van der Waals surface area contributed by atoms with Crippen LogP contribution in [0.15, 0.2) is 41.7 Å². The number of hydrogen-bond donors (Lipinski definition) is 1. The van der Waals surface area contributed by atoms with E-state index in [1.807, 2.05) is 18.2 Å². The summed E-state index contributed by atoms with van der Waals surface area (Å²) in [6.45, 7) is 2.32. The molecular formula is C19H17N5O3. The quantitative estimate of drug-likeness (QED) is 0.754. The summed E-state index contributed by atoms with van der Waals surface area (Å²) in [5.74, 6) is 2.09. The van der Waals surface area contributed by atoms with Crippen molar-refractivity contribution in [2.24, 2.45) is 0 Å². The summed E-state index contributed by atoms with van der Waals surface area (Å²) >= 11 is 0. The highest BCUT2D eigenvalue weighted by atomic mass is 16.7. The Morgan fingerprint density at radius 1 is 1.19 bits per heavy atom. The predicted molar refractivity (Wildman–Crippen MR) is 96.3 cm³/mol. The third kappa shape index (κ3) is 2.93. The number of rotatable bonds is 3. The molecule has 0 bridgehead atoms. The summed E-state index contributed by atoms with van der Waals surface area (Å²) < 4.78 is 11.0. The fourth-order valence-electron chi connectivity index (χ4n) is 3.53. The van der Waals surface area contributed by atoms with E-state index < -0.39 is 0 Å². The molecule has 0 amide bonds. The monoisotopic (exact) mass is 363 g/mol. The number of fused-ring (bicyclic) bond motifs is 2. The molecule has 1 aromatic carbocycles. The predicted octanol–water partition coefficient (Wildman–Crippen LogP) is 1.51. The van der Waals surface area contributed by atoms with Gasteiger partial charge in [-0.15, -0.1) is 0 Å². The summed E-state index contributed by atoms with van der Waals surface area (Å²) in [7, 11) is 0. The second-order valence-electron chi connectivity index (χ2n) is 6.58. The minimum Gasteiger partial charge on any atom is -0.454 e. The van der Waals surface area contributed by atoms with Crippen LogP contribution in [0.2, 0.25) is 0 Å². The van der Waals surface area contributed by atoms with Gasteiger partial charge >= 0.3 is 0 Å². The first-order valence-electron chi connectivity index (χ1n) is 8.75. The van der Waals surface area contributed by atoms with Crippen LogP contribution in [0.3, 0.4) is 0 Å². The smallest absolute Gasteiger partial charge is 0.255 e. The zero-order valence-electron chi connectivity index (χ0n) is 14.5.